The molecule has 0 amide bonds. The maximum absolute atomic E-state index is 13.0. The summed E-state index contributed by atoms with van der Waals surface area (Å²) in [5, 5.41) is 9.86. The molecule has 0 aliphatic heterocycles. The molecule has 2 aromatic rings. The molecular formula is C15H13F3O. The summed E-state index contributed by atoms with van der Waals surface area (Å²) in [6.07, 6.45) is -0.468. The molecule has 0 aliphatic rings. The molecule has 1 nitrogen and oxygen atoms in total. The van der Waals surface area contributed by atoms with Crippen molar-refractivity contribution >= 4 is 0 Å². The molecule has 1 unspecified atom stereocenters. The molecular weight excluding hydrogens is 253 g/mol. The molecule has 0 spiro atoms. The molecule has 0 radical (unpaired) electrons. The Labute approximate surface area is 109 Å². The fourth-order valence-corrected chi connectivity index (χ4v) is 2.01. The van der Waals surface area contributed by atoms with Crippen molar-refractivity contribution in [2.45, 2.75) is 18.9 Å². The summed E-state index contributed by atoms with van der Waals surface area (Å²) in [6.45, 7) is 0. The summed E-state index contributed by atoms with van der Waals surface area (Å²) in [5.41, 5.74) is 1.02. The molecule has 100 valence electrons. The SMILES string of the molecule is OC(Cc1cccc(F)c1)Cc1cc(F)cc(F)c1. The number of aliphatic hydroxyl groups excluding tert-OH is 1. The van der Waals surface area contributed by atoms with Gasteiger partial charge >= 0.3 is 0 Å². The first-order chi connectivity index (χ1) is 9.02. The molecule has 2 aromatic carbocycles. The lowest BCUT2D eigenvalue weighted by atomic mass is 10.0. The van der Waals surface area contributed by atoms with Gasteiger partial charge in [0.15, 0.2) is 0 Å². The lowest BCUT2D eigenvalue weighted by Crippen LogP contribution is -2.14. The fraction of sp³-hybridized carbons (Fsp3) is 0.200. The quantitative estimate of drug-likeness (QED) is 0.900. The number of aliphatic hydroxyl groups is 1. The third-order valence-corrected chi connectivity index (χ3v) is 2.75. The van der Waals surface area contributed by atoms with Gasteiger partial charge in [0.05, 0.1) is 6.10 Å². The van der Waals surface area contributed by atoms with Crippen molar-refractivity contribution in [2.24, 2.45) is 0 Å². The van der Waals surface area contributed by atoms with Gasteiger partial charge in [-0.25, -0.2) is 13.2 Å². The smallest absolute Gasteiger partial charge is 0.126 e. The predicted molar refractivity (Wildman–Crippen MR) is 66.2 cm³/mol. The zero-order valence-electron chi connectivity index (χ0n) is 10.1. The van der Waals surface area contributed by atoms with E-state index in [0.29, 0.717) is 11.1 Å². The van der Waals surface area contributed by atoms with Gasteiger partial charge in [0.25, 0.3) is 0 Å². The highest BCUT2D eigenvalue weighted by Gasteiger charge is 2.09. The first kappa shape index (κ1) is 13.6. The summed E-state index contributed by atoms with van der Waals surface area (Å²) in [7, 11) is 0. The van der Waals surface area contributed by atoms with E-state index in [4.69, 9.17) is 0 Å². The van der Waals surface area contributed by atoms with Gasteiger partial charge in [0.2, 0.25) is 0 Å². The largest absolute Gasteiger partial charge is 0.392 e. The Morgan fingerprint density at radius 2 is 1.37 bits per heavy atom. The molecule has 1 N–H and O–H groups in total. The van der Waals surface area contributed by atoms with Gasteiger partial charge in [0, 0.05) is 6.07 Å². The van der Waals surface area contributed by atoms with Crippen LogP contribution in [0.1, 0.15) is 11.1 Å². The maximum Gasteiger partial charge on any atom is 0.126 e. The van der Waals surface area contributed by atoms with E-state index in [9.17, 15) is 18.3 Å². The topological polar surface area (TPSA) is 20.2 Å². The third kappa shape index (κ3) is 4.10. The van der Waals surface area contributed by atoms with E-state index in [0.717, 1.165) is 6.07 Å². The van der Waals surface area contributed by atoms with Crippen molar-refractivity contribution in [1.29, 1.82) is 0 Å². The van der Waals surface area contributed by atoms with Crippen LogP contribution < -0.4 is 0 Å². The molecule has 0 bridgehead atoms. The first-order valence-corrected chi connectivity index (χ1v) is 5.90. The number of hydrogen-bond acceptors (Lipinski definition) is 1. The van der Waals surface area contributed by atoms with Crippen LogP contribution in [0.5, 0.6) is 0 Å². The molecule has 1 atom stereocenters. The number of benzene rings is 2. The van der Waals surface area contributed by atoms with Crippen molar-refractivity contribution in [1.82, 2.24) is 0 Å². The van der Waals surface area contributed by atoms with E-state index in [1.165, 1.54) is 24.3 Å². The Bertz CT molecular complexity index is 549. The third-order valence-electron chi connectivity index (χ3n) is 2.75. The molecule has 19 heavy (non-hydrogen) atoms. The summed E-state index contributed by atoms with van der Waals surface area (Å²) >= 11 is 0. The minimum absolute atomic E-state index is 0.116. The Morgan fingerprint density at radius 1 is 0.789 bits per heavy atom. The lowest BCUT2D eigenvalue weighted by Gasteiger charge is -2.11. The molecule has 0 saturated heterocycles. The summed E-state index contributed by atoms with van der Waals surface area (Å²) < 4.78 is 38.9. The molecule has 4 heteroatoms. The molecule has 2 rings (SSSR count). The maximum atomic E-state index is 13.0. The summed E-state index contributed by atoms with van der Waals surface area (Å²) in [6, 6.07) is 9.03. The van der Waals surface area contributed by atoms with Gasteiger partial charge in [-0.2, -0.15) is 0 Å². The number of halogens is 3. The van der Waals surface area contributed by atoms with Gasteiger partial charge in [-0.15, -0.1) is 0 Å². The van der Waals surface area contributed by atoms with Crippen LogP contribution in [0.25, 0.3) is 0 Å². The van der Waals surface area contributed by atoms with Crippen LogP contribution >= 0.6 is 0 Å². The molecule has 0 fully saturated rings. The number of hydrogen-bond donors (Lipinski definition) is 1. The standard InChI is InChI=1S/C15H13F3O/c16-12-3-1-2-10(4-12)7-15(19)8-11-5-13(17)9-14(18)6-11/h1-6,9,15,19H,7-8H2. The average molecular weight is 266 g/mol. The zero-order chi connectivity index (χ0) is 13.8. The van der Waals surface area contributed by atoms with Gasteiger partial charge in [-0.1, -0.05) is 12.1 Å². The van der Waals surface area contributed by atoms with E-state index in [2.05, 4.69) is 0 Å². The Morgan fingerprint density at radius 3 is 2.00 bits per heavy atom. The molecule has 0 aliphatic carbocycles. The predicted octanol–water partition coefficient (Wildman–Crippen LogP) is 3.25. The van der Waals surface area contributed by atoms with Crippen molar-refractivity contribution in [2.75, 3.05) is 0 Å². The second-order valence-electron chi connectivity index (χ2n) is 4.47. The average Bonchev–Trinajstić information content (AvgIpc) is 2.26. The minimum Gasteiger partial charge on any atom is -0.392 e. The summed E-state index contributed by atoms with van der Waals surface area (Å²) in [5.74, 6) is -1.72. The van der Waals surface area contributed by atoms with Crippen molar-refractivity contribution in [3.05, 3.63) is 71.0 Å². The van der Waals surface area contributed by atoms with Gasteiger partial charge in [-0.3, -0.25) is 0 Å². The second kappa shape index (κ2) is 5.89. The van der Waals surface area contributed by atoms with Crippen molar-refractivity contribution in [3.63, 3.8) is 0 Å². The van der Waals surface area contributed by atoms with E-state index in [1.807, 2.05) is 0 Å². The van der Waals surface area contributed by atoms with Gasteiger partial charge < -0.3 is 5.11 Å². The Balaban J connectivity index is 2.03. The molecule has 0 heterocycles. The van der Waals surface area contributed by atoms with Gasteiger partial charge in [-0.05, 0) is 48.2 Å². The highest BCUT2D eigenvalue weighted by atomic mass is 19.1. The van der Waals surface area contributed by atoms with Crippen LogP contribution in [0, 0.1) is 17.5 Å². The van der Waals surface area contributed by atoms with Gasteiger partial charge in [0.1, 0.15) is 17.5 Å². The van der Waals surface area contributed by atoms with Crippen molar-refractivity contribution in [3.8, 4) is 0 Å². The second-order valence-corrected chi connectivity index (χ2v) is 4.47. The van der Waals surface area contributed by atoms with Crippen molar-refractivity contribution < 1.29 is 18.3 Å². The molecule has 0 saturated carbocycles. The van der Waals surface area contributed by atoms with Crippen LogP contribution in [0.15, 0.2) is 42.5 Å². The highest BCUT2D eigenvalue weighted by Crippen LogP contribution is 2.13. The Hall–Kier alpha value is -1.81. The monoisotopic (exact) mass is 266 g/mol. The fourth-order valence-electron chi connectivity index (χ4n) is 2.01. The van der Waals surface area contributed by atoms with E-state index in [1.54, 1.807) is 12.1 Å². The van der Waals surface area contributed by atoms with E-state index >= 15 is 0 Å². The normalized spacial score (nSPS) is 12.4. The van der Waals surface area contributed by atoms with Crippen LogP contribution in [-0.2, 0) is 12.8 Å². The molecule has 0 aromatic heterocycles. The zero-order valence-corrected chi connectivity index (χ0v) is 10.1. The summed E-state index contributed by atoms with van der Waals surface area (Å²) in [4.78, 5) is 0. The van der Waals surface area contributed by atoms with Crippen LogP contribution in [0.3, 0.4) is 0 Å². The Kier molecular flexibility index (Phi) is 4.22. The van der Waals surface area contributed by atoms with Crippen LogP contribution in [0.2, 0.25) is 0 Å². The minimum atomic E-state index is -0.817. The lowest BCUT2D eigenvalue weighted by molar-refractivity contribution is 0.175. The van der Waals surface area contributed by atoms with Crippen LogP contribution in [-0.4, -0.2) is 11.2 Å². The van der Waals surface area contributed by atoms with E-state index < -0.39 is 17.7 Å². The number of rotatable bonds is 4. The highest BCUT2D eigenvalue weighted by molar-refractivity contribution is 5.21. The first-order valence-electron chi connectivity index (χ1n) is 5.90. The van der Waals surface area contributed by atoms with E-state index in [-0.39, 0.29) is 18.7 Å². The van der Waals surface area contributed by atoms with Crippen LogP contribution in [0.4, 0.5) is 13.2 Å².